The molecule has 134 valence electrons. The minimum absolute atomic E-state index is 0.0102. The molecule has 4 fully saturated rings. The second-order valence-electron chi connectivity index (χ2n) is 9.56. The van der Waals surface area contributed by atoms with Crippen LogP contribution in [0.1, 0.15) is 51.2 Å². The van der Waals surface area contributed by atoms with Gasteiger partial charge in [0, 0.05) is 18.0 Å². The van der Waals surface area contributed by atoms with E-state index in [9.17, 15) is 9.90 Å². The predicted octanol–water partition coefficient (Wildman–Crippen LogP) is 2.59. The fourth-order valence-electron chi connectivity index (χ4n) is 6.25. The Labute approximate surface area is 149 Å². The summed E-state index contributed by atoms with van der Waals surface area (Å²) in [5.74, 6) is 1.39. The summed E-state index contributed by atoms with van der Waals surface area (Å²) in [4.78, 5) is 15.6. The van der Waals surface area contributed by atoms with Crippen molar-refractivity contribution in [1.82, 2.24) is 10.2 Å². The van der Waals surface area contributed by atoms with Crippen LogP contribution >= 0.6 is 0 Å². The first kappa shape index (κ1) is 15.7. The third kappa shape index (κ3) is 1.74. The number of hydrogen-bond donors (Lipinski definition) is 2. The maximum absolute atomic E-state index is 13.5. The minimum atomic E-state index is -0.284. The highest BCUT2D eigenvalue weighted by Crippen LogP contribution is 2.58. The molecule has 1 unspecified atom stereocenters. The highest BCUT2D eigenvalue weighted by atomic mass is 16.3. The van der Waals surface area contributed by atoms with Crippen LogP contribution in [-0.2, 0) is 16.6 Å². The van der Waals surface area contributed by atoms with Crippen LogP contribution in [0, 0.1) is 11.3 Å². The fraction of sp³-hybridized carbons (Fsp3) is 0.667. The summed E-state index contributed by atoms with van der Waals surface area (Å²) < 4.78 is 0. The third-order valence-electron chi connectivity index (χ3n) is 8.30. The molecule has 3 saturated heterocycles. The molecule has 1 aromatic rings. The second kappa shape index (κ2) is 4.59. The second-order valence-corrected chi connectivity index (χ2v) is 9.56. The van der Waals surface area contributed by atoms with E-state index in [1.807, 2.05) is 6.07 Å². The molecule has 3 aliphatic heterocycles. The number of amides is 1. The number of likely N-dealkylation sites (tertiary alicyclic amines) is 1. The van der Waals surface area contributed by atoms with Gasteiger partial charge in [0.25, 0.3) is 0 Å². The maximum atomic E-state index is 13.5. The number of carbonyl (C=O) groups excluding carboxylic acids is 1. The lowest BCUT2D eigenvalue weighted by atomic mass is 9.50. The summed E-state index contributed by atoms with van der Waals surface area (Å²) in [6, 6.07) is 6.08. The molecular formula is C21H28N2O2. The Morgan fingerprint density at radius 1 is 1.28 bits per heavy atom. The van der Waals surface area contributed by atoms with Crippen molar-refractivity contribution in [3.8, 4) is 5.75 Å². The molecule has 0 aromatic heterocycles. The van der Waals surface area contributed by atoms with Crippen molar-refractivity contribution in [3.63, 3.8) is 0 Å². The predicted molar refractivity (Wildman–Crippen MR) is 96.5 cm³/mol. The Balaban J connectivity index is 1.58. The van der Waals surface area contributed by atoms with Gasteiger partial charge in [0.15, 0.2) is 0 Å². The maximum Gasteiger partial charge on any atom is 0.243 e. The lowest BCUT2D eigenvalue weighted by molar-refractivity contribution is -0.153. The third-order valence-corrected chi connectivity index (χ3v) is 8.30. The van der Waals surface area contributed by atoms with Crippen LogP contribution in [0.15, 0.2) is 18.2 Å². The van der Waals surface area contributed by atoms with Crippen LogP contribution < -0.4 is 5.32 Å². The van der Waals surface area contributed by atoms with Gasteiger partial charge in [0.05, 0.1) is 5.54 Å². The van der Waals surface area contributed by atoms with Crippen molar-refractivity contribution >= 4 is 5.91 Å². The number of rotatable bonds is 1. The first-order valence-electron chi connectivity index (χ1n) is 9.66. The summed E-state index contributed by atoms with van der Waals surface area (Å²) >= 11 is 0. The molecule has 1 amide bonds. The van der Waals surface area contributed by atoms with Gasteiger partial charge < -0.3 is 15.3 Å². The van der Waals surface area contributed by atoms with Crippen molar-refractivity contribution in [3.05, 3.63) is 29.3 Å². The van der Waals surface area contributed by atoms with Crippen LogP contribution in [0.3, 0.4) is 0 Å². The van der Waals surface area contributed by atoms with E-state index in [1.165, 1.54) is 5.56 Å². The van der Waals surface area contributed by atoms with E-state index in [2.05, 4.69) is 37.1 Å². The number of piperidine rings is 1. The van der Waals surface area contributed by atoms with Crippen LogP contribution in [0.5, 0.6) is 5.75 Å². The van der Waals surface area contributed by atoms with Gasteiger partial charge in [-0.25, -0.2) is 0 Å². The van der Waals surface area contributed by atoms with Gasteiger partial charge in [-0.3, -0.25) is 4.79 Å². The van der Waals surface area contributed by atoms with Crippen molar-refractivity contribution in [2.24, 2.45) is 11.3 Å². The molecule has 4 heteroatoms. The SMILES string of the molecule is CC1(C)C2Cc3c(O)cccc3[C@]1(C)CCN2C(=O)C12CC(CN1)C2. The standard InChI is InChI=1S/C21H28N2O2/c1-19(2)17-9-14-15(5-4-6-16(14)24)20(19,3)7-8-23(17)18(25)21-10-13(11-21)12-22-21/h4-6,13,17,22,24H,7-12H2,1-3H3/t13?,17?,20-,21?/m0/s1. The van der Waals surface area contributed by atoms with Gasteiger partial charge in [0.1, 0.15) is 5.75 Å². The van der Waals surface area contributed by atoms with Crippen LogP contribution in [-0.4, -0.2) is 40.6 Å². The topological polar surface area (TPSA) is 52.6 Å². The van der Waals surface area contributed by atoms with E-state index < -0.39 is 0 Å². The molecule has 4 bridgehead atoms. The van der Waals surface area contributed by atoms with E-state index in [4.69, 9.17) is 0 Å². The molecule has 4 nitrogen and oxygen atoms in total. The Hall–Kier alpha value is -1.55. The summed E-state index contributed by atoms with van der Waals surface area (Å²) in [6.07, 6.45) is 3.73. The van der Waals surface area contributed by atoms with Crippen molar-refractivity contribution < 1.29 is 9.90 Å². The van der Waals surface area contributed by atoms with Gasteiger partial charge in [-0.1, -0.05) is 32.9 Å². The van der Waals surface area contributed by atoms with Gasteiger partial charge in [-0.2, -0.15) is 0 Å². The molecule has 2 atom stereocenters. The molecule has 5 aliphatic rings. The fourth-order valence-corrected chi connectivity index (χ4v) is 6.25. The van der Waals surface area contributed by atoms with Gasteiger partial charge in [-0.15, -0.1) is 0 Å². The Kier molecular flexibility index (Phi) is 2.88. The van der Waals surface area contributed by atoms with E-state index in [0.29, 0.717) is 17.6 Å². The molecule has 1 saturated carbocycles. The Morgan fingerprint density at radius 3 is 2.72 bits per heavy atom. The number of phenols is 1. The first-order chi connectivity index (χ1) is 11.8. The number of nitrogens with one attached hydrogen (secondary N) is 1. The normalized spacial score (nSPS) is 40.4. The Morgan fingerprint density at radius 2 is 2.04 bits per heavy atom. The number of phenolic OH excluding ortho intramolecular Hbond substituents is 1. The van der Waals surface area contributed by atoms with Crippen molar-refractivity contribution in [2.75, 3.05) is 13.1 Å². The molecule has 1 aromatic carbocycles. The average Bonchev–Trinajstić information content (AvgIpc) is 3.12. The molecule has 0 spiro atoms. The zero-order valence-corrected chi connectivity index (χ0v) is 15.4. The number of aromatic hydroxyl groups is 1. The zero-order valence-electron chi connectivity index (χ0n) is 15.4. The largest absolute Gasteiger partial charge is 0.508 e. The molecule has 3 heterocycles. The van der Waals surface area contributed by atoms with Crippen LogP contribution in [0.25, 0.3) is 0 Å². The summed E-state index contributed by atoms with van der Waals surface area (Å²) in [7, 11) is 0. The smallest absolute Gasteiger partial charge is 0.243 e. The van der Waals surface area contributed by atoms with Crippen molar-refractivity contribution in [1.29, 1.82) is 0 Å². The molecule has 0 radical (unpaired) electrons. The molecule has 2 aliphatic carbocycles. The molecular weight excluding hydrogens is 312 g/mol. The number of benzene rings is 1. The van der Waals surface area contributed by atoms with E-state index in [0.717, 1.165) is 44.3 Å². The number of nitrogens with zero attached hydrogens (tertiary/aromatic N) is 1. The van der Waals surface area contributed by atoms with Gasteiger partial charge >= 0.3 is 0 Å². The van der Waals surface area contributed by atoms with Crippen LogP contribution in [0.2, 0.25) is 0 Å². The summed E-state index contributed by atoms with van der Waals surface area (Å²) in [6.45, 7) is 8.77. The quantitative estimate of drug-likeness (QED) is 0.826. The van der Waals surface area contributed by atoms with E-state index >= 15 is 0 Å². The average molecular weight is 340 g/mol. The Bertz CT molecular complexity index is 760. The highest BCUT2D eigenvalue weighted by Gasteiger charge is 2.62. The molecule has 25 heavy (non-hydrogen) atoms. The first-order valence-corrected chi connectivity index (χ1v) is 9.66. The minimum Gasteiger partial charge on any atom is -0.508 e. The van der Waals surface area contributed by atoms with Crippen molar-refractivity contribution in [2.45, 2.75) is 63.5 Å². The number of fused-ring (bicyclic) bond motifs is 5. The van der Waals surface area contributed by atoms with Gasteiger partial charge in [-0.05, 0) is 60.8 Å². The van der Waals surface area contributed by atoms with Crippen LogP contribution in [0.4, 0.5) is 0 Å². The summed E-state index contributed by atoms with van der Waals surface area (Å²) in [5.41, 5.74) is 2.02. The summed E-state index contributed by atoms with van der Waals surface area (Å²) in [5, 5.41) is 14.0. The lowest BCUT2D eigenvalue weighted by Gasteiger charge is -2.61. The number of carbonyl (C=O) groups is 1. The highest BCUT2D eigenvalue weighted by molar-refractivity contribution is 5.89. The monoisotopic (exact) mass is 340 g/mol. The lowest BCUT2D eigenvalue weighted by Crippen LogP contribution is -2.69. The van der Waals surface area contributed by atoms with E-state index in [1.54, 1.807) is 6.07 Å². The van der Waals surface area contributed by atoms with E-state index in [-0.39, 0.29) is 22.4 Å². The van der Waals surface area contributed by atoms with Gasteiger partial charge in [0.2, 0.25) is 5.91 Å². The molecule has 2 N–H and O–H groups in total. The molecule has 6 rings (SSSR count). The zero-order chi connectivity index (χ0) is 17.6. The number of hydrogen-bond acceptors (Lipinski definition) is 3.